The van der Waals surface area contributed by atoms with Crippen LogP contribution in [0.2, 0.25) is 0 Å². The molecule has 110 valence electrons. The molecule has 2 aromatic rings. The van der Waals surface area contributed by atoms with Gasteiger partial charge in [0.2, 0.25) is 5.76 Å². The molecule has 21 heavy (non-hydrogen) atoms. The van der Waals surface area contributed by atoms with Gasteiger partial charge in [-0.15, -0.1) is 0 Å². The number of rotatable bonds is 4. The fourth-order valence-electron chi connectivity index (χ4n) is 2.77. The molecule has 1 aromatic carbocycles. The Morgan fingerprint density at radius 3 is 2.71 bits per heavy atom. The number of aromatic nitrogens is 1. The third kappa shape index (κ3) is 3.13. The summed E-state index contributed by atoms with van der Waals surface area (Å²) in [6, 6.07) is 9.45. The van der Waals surface area contributed by atoms with Gasteiger partial charge in [0.05, 0.1) is 0 Å². The minimum Gasteiger partial charge on any atom is -0.475 e. The van der Waals surface area contributed by atoms with Gasteiger partial charge in [-0.3, -0.25) is 4.90 Å². The summed E-state index contributed by atoms with van der Waals surface area (Å²) in [6.45, 7) is 3.10. The van der Waals surface area contributed by atoms with E-state index < -0.39 is 5.97 Å². The number of carboxylic acids is 1. The molecule has 0 spiro atoms. The van der Waals surface area contributed by atoms with E-state index in [2.05, 4.69) is 16.1 Å². The van der Waals surface area contributed by atoms with E-state index in [1.807, 2.05) is 18.2 Å². The number of benzene rings is 1. The number of hydrogen-bond donors (Lipinski definition) is 1. The lowest BCUT2D eigenvalue weighted by Crippen LogP contribution is -2.29. The Labute approximate surface area is 123 Å². The zero-order valence-electron chi connectivity index (χ0n) is 11.8. The summed E-state index contributed by atoms with van der Waals surface area (Å²) in [4.78, 5) is 13.3. The van der Waals surface area contributed by atoms with Crippen LogP contribution in [-0.2, 0) is 6.54 Å². The Morgan fingerprint density at radius 1 is 1.24 bits per heavy atom. The molecule has 1 fully saturated rings. The number of likely N-dealkylation sites (tertiary alicyclic amines) is 1. The quantitative estimate of drug-likeness (QED) is 0.935. The van der Waals surface area contributed by atoms with Crippen LogP contribution in [0.25, 0.3) is 11.3 Å². The van der Waals surface area contributed by atoms with Crippen LogP contribution in [0, 0.1) is 0 Å². The first-order valence-corrected chi connectivity index (χ1v) is 7.24. The SMILES string of the molecule is O=C(O)c1cc(-c2ccccc2CN2CCCCC2)no1. The number of carbonyl (C=O) groups is 1. The lowest BCUT2D eigenvalue weighted by Gasteiger charge is -2.27. The molecule has 0 radical (unpaired) electrons. The van der Waals surface area contributed by atoms with Crippen molar-refractivity contribution in [2.75, 3.05) is 13.1 Å². The fraction of sp³-hybridized carbons (Fsp3) is 0.375. The smallest absolute Gasteiger partial charge is 0.374 e. The molecule has 0 aliphatic carbocycles. The molecule has 0 saturated carbocycles. The van der Waals surface area contributed by atoms with Crippen molar-refractivity contribution in [1.29, 1.82) is 0 Å². The maximum atomic E-state index is 10.9. The molecule has 1 saturated heterocycles. The first kappa shape index (κ1) is 13.8. The van der Waals surface area contributed by atoms with Gasteiger partial charge < -0.3 is 9.63 Å². The van der Waals surface area contributed by atoms with Gasteiger partial charge in [0, 0.05) is 18.2 Å². The lowest BCUT2D eigenvalue weighted by molar-refractivity contribution is 0.0652. The molecule has 1 aliphatic rings. The summed E-state index contributed by atoms with van der Waals surface area (Å²) in [5, 5.41) is 12.8. The van der Waals surface area contributed by atoms with Gasteiger partial charge in [0.15, 0.2) is 0 Å². The van der Waals surface area contributed by atoms with E-state index in [1.165, 1.54) is 25.3 Å². The van der Waals surface area contributed by atoms with Crippen molar-refractivity contribution in [1.82, 2.24) is 10.1 Å². The Balaban J connectivity index is 1.85. The number of aromatic carboxylic acids is 1. The minimum atomic E-state index is -1.10. The first-order valence-electron chi connectivity index (χ1n) is 7.24. The molecule has 1 aliphatic heterocycles. The van der Waals surface area contributed by atoms with E-state index in [1.54, 1.807) is 0 Å². The van der Waals surface area contributed by atoms with Crippen LogP contribution in [0.4, 0.5) is 0 Å². The molecular weight excluding hydrogens is 268 g/mol. The van der Waals surface area contributed by atoms with Crippen LogP contribution in [-0.4, -0.2) is 34.2 Å². The molecule has 1 aromatic heterocycles. The molecule has 5 heteroatoms. The van der Waals surface area contributed by atoms with Gasteiger partial charge >= 0.3 is 5.97 Å². The average molecular weight is 286 g/mol. The standard InChI is InChI=1S/C16H18N2O3/c19-16(20)15-10-14(17-21-15)13-7-3-2-6-12(13)11-18-8-4-1-5-9-18/h2-3,6-7,10H,1,4-5,8-9,11H2,(H,19,20). The van der Waals surface area contributed by atoms with Gasteiger partial charge in [0.1, 0.15) is 5.69 Å². The molecule has 0 atom stereocenters. The van der Waals surface area contributed by atoms with Crippen LogP contribution in [0.1, 0.15) is 35.4 Å². The van der Waals surface area contributed by atoms with Crippen molar-refractivity contribution in [3.05, 3.63) is 41.7 Å². The van der Waals surface area contributed by atoms with Crippen LogP contribution in [0.5, 0.6) is 0 Å². The van der Waals surface area contributed by atoms with E-state index in [4.69, 9.17) is 9.63 Å². The van der Waals surface area contributed by atoms with Crippen molar-refractivity contribution < 1.29 is 14.4 Å². The number of hydrogen-bond acceptors (Lipinski definition) is 4. The highest BCUT2D eigenvalue weighted by Crippen LogP contribution is 2.25. The summed E-state index contributed by atoms with van der Waals surface area (Å²) in [6.07, 6.45) is 3.80. The topological polar surface area (TPSA) is 66.6 Å². The second kappa shape index (κ2) is 6.10. The number of piperidine rings is 1. The summed E-state index contributed by atoms with van der Waals surface area (Å²) >= 11 is 0. The van der Waals surface area contributed by atoms with Crippen molar-refractivity contribution in [3.8, 4) is 11.3 Å². The summed E-state index contributed by atoms with van der Waals surface area (Å²) < 4.78 is 4.86. The Kier molecular flexibility index (Phi) is 4.01. The van der Waals surface area contributed by atoms with E-state index in [0.29, 0.717) is 5.69 Å². The Hall–Kier alpha value is -2.14. The molecule has 2 heterocycles. The van der Waals surface area contributed by atoms with Crippen LogP contribution < -0.4 is 0 Å². The predicted octanol–water partition coefficient (Wildman–Crippen LogP) is 3.03. The second-order valence-corrected chi connectivity index (χ2v) is 5.38. The molecule has 3 rings (SSSR count). The molecule has 5 nitrogen and oxygen atoms in total. The van der Waals surface area contributed by atoms with Crippen molar-refractivity contribution in [2.24, 2.45) is 0 Å². The first-order chi connectivity index (χ1) is 10.2. The van der Waals surface area contributed by atoms with Crippen LogP contribution >= 0.6 is 0 Å². The van der Waals surface area contributed by atoms with E-state index in [9.17, 15) is 4.79 Å². The van der Waals surface area contributed by atoms with Gasteiger partial charge in [-0.1, -0.05) is 35.8 Å². The number of carboxylic acid groups (broad SMARTS) is 1. The summed E-state index contributed by atoms with van der Waals surface area (Å²) in [7, 11) is 0. The Morgan fingerprint density at radius 2 is 2.00 bits per heavy atom. The van der Waals surface area contributed by atoms with Crippen molar-refractivity contribution in [2.45, 2.75) is 25.8 Å². The number of nitrogens with zero attached hydrogens (tertiary/aromatic N) is 2. The van der Waals surface area contributed by atoms with Gasteiger partial charge in [-0.2, -0.15) is 0 Å². The summed E-state index contributed by atoms with van der Waals surface area (Å²) in [5.74, 6) is -1.22. The molecule has 0 bridgehead atoms. The molecule has 0 amide bonds. The lowest BCUT2D eigenvalue weighted by atomic mass is 10.0. The summed E-state index contributed by atoms with van der Waals surface area (Å²) in [5.41, 5.74) is 2.68. The van der Waals surface area contributed by atoms with E-state index >= 15 is 0 Å². The van der Waals surface area contributed by atoms with E-state index in [0.717, 1.165) is 30.8 Å². The molecule has 0 unspecified atom stereocenters. The van der Waals surface area contributed by atoms with Gasteiger partial charge in [0.25, 0.3) is 0 Å². The van der Waals surface area contributed by atoms with Crippen LogP contribution in [0.3, 0.4) is 0 Å². The predicted molar refractivity (Wildman–Crippen MR) is 78.0 cm³/mol. The maximum Gasteiger partial charge on any atom is 0.374 e. The highest BCUT2D eigenvalue weighted by Gasteiger charge is 2.17. The highest BCUT2D eigenvalue weighted by molar-refractivity contribution is 5.85. The molecular formula is C16H18N2O3. The third-order valence-corrected chi connectivity index (χ3v) is 3.86. The van der Waals surface area contributed by atoms with Crippen LogP contribution in [0.15, 0.2) is 34.9 Å². The van der Waals surface area contributed by atoms with E-state index in [-0.39, 0.29) is 5.76 Å². The zero-order valence-corrected chi connectivity index (χ0v) is 11.8. The average Bonchev–Trinajstić information content (AvgIpc) is 2.99. The largest absolute Gasteiger partial charge is 0.475 e. The maximum absolute atomic E-state index is 10.9. The second-order valence-electron chi connectivity index (χ2n) is 5.38. The normalized spacial score (nSPS) is 16.0. The Bertz CT molecular complexity index is 630. The minimum absolute atomic E-state index is 0.127. The zero-order chi connectivity index (χ0) is 14.7. The fourth-order valence-corrected chi connectivity index (χ4v) is 2.77. The molecule has 1 N–H and O–H groups in total. The monoisotopic (exact) mass is 286 g/mol. The van der Waals surface area contributed by atoms with Gasteiger partial charge in [-0.25, -0.2) is 4.79 Å². The highest BCUT2D eigenvalue weighted by atomic mass is 16.5. The third-order valence-electron chi connectivity index (χ3n) is 3.86. The van der Waals surface area contributed by atoms with Crippen molar-refractivity contribution >= 4 is 5.97 Å². The van der Waals surface area contributed by atoms with Gasteiger partial charge in [-0.05, 0) is 31.5 Å². The van der Waals surface area contributed by atoms with Crippen molar-refractivity contribution in [3.63, 3.8) is 0 Å².